The second kappa shape index (κ2) is 8.90. The van der Waals surface area contributed by atoms with Crippen molar-refractivity contribution >= 4 is 22.7 Å². The lowest BCUT2D eigenvalue weighted by Crippen LogP contribution is -2.42. The highest BCUT2D eigenvalue weighted by Gasteiger charge is 2.18. The number of aromatic nitrogens is 2. The molecule has 1 N–H and O–H groups in total. The van der Waals surface area contributed by atoms with E-state index in [1.54, 1.807) is 37.3 Å². The molecule has 0 atom stereocenters. The quantitative estimate of drug-likeness (QED) is 0.682. The molecule has 0 radical (unpaired) electrons. The lowest BCUT2D eigenvalue weighted by atomic mass is 10.1. The second-order valence-corrected chi connectivity index (χ2v) is 7.41. The predicted molar refractivity (Wildman–Crippen MR) is 117 cm³/mol. The van der Waals surface area contributed by atoms with Crippen LogP contribution in [0.3, 0.4) is 0 Å². The minimum absolute atomic E-state index is 0.00241. The van der Waals surface area contributed by atoms with Crippen molar-refractivity contribution in [3.05, 3.63) is 70.3 Å². The number of hydrogen-bond donors (Lipinski definition) is 1. The van der Waals surface area contributed by atoms with Crippen LogP contribution < -0.4 is 10.9 Å². The number of aryl methyl sites for hydroxylation is 1. The first-order valence-corrected chi connectivity index (χ1v) is 9.99. The summed E-state index contributed by atoms with van der Waals surface area (Å²) in [4.78, 5) is 43.8. The number of likely N-dealkylation sites (N-methyl/N-ethyl adjacent to an activating group) is 1. The molecule has 0 aliphatic rings. The Morgan fingerprint density at radius 3 is 2.40 bits per heavy atom. The van der Waals surface area contributed by atoms with Gasteiger partial charge in [0, 0.05) is 18.2 Å². The molecule has 3 aromatic rings. The van der Waals surface area contributed by atoms with Crippen molar-refractivity contribution in [2.45, 2.75) is 33.7 Å². The van der Waals surface area contributed by atoms with Gasteiger partial charge in [-0.15, -0.1) is 0 Å². The van der Waals surface area contributed by atoms with Gasteiger partial charge in [0.15, 0.2) is 0 Å². The van der Waals surface area contributed by atoms with Crippen LogP contribution in [0.4, 0.5) is 0 Å². The van der Waals surface area contributed by atoms with Gasteiger partial charge in [0.25, 0.3) is 11.5 Å². The SMILES string of the molecule is CCN(CC(=O)NC(C)C)C(=O)c1ccc(-n2c(C)nc3ccccc3c2=O)cc1. The Morgan fingerprint density at radius 2 is 1.77 bits per heavy atom. The smallest absolute Gasteiger partial charge is 0.265 e. The Balaban J connectivity index is 1.88. The first-order chi connectivity index (χ1) is 14.3. The number of para-hydroxylation sites is 1. The van der Waals surface area contributed by atoms with Crippen molar-refractivity contribution in [3.63, 3.8) is 0 Å². The summed E-state index contributed by atoms with van der Waals surface area (Å²) in [5.41, 5.74) is 1.59. The fourth-order valence-electron chi connectivity index (χ4n) is 3.35. The number of carbonyl (C=O) groups is 2. The molecule has 7 heteroatoms. The molecular formula is C23H26N4O3. The normalized spacial score (nSPS) is 11.0. The maximum atomic E-state index is 12.9. The summed E-state index contributed by atoms with van der Waals surface area (Å²) in [5.74, 6) is 0.142. The molecule has 0 unspecified atom stereocenters. The minimum atomic E-state index is -0.233. The van der Waals surface area contributed by atoms with E-state index in [0.717, 1.165) is 0 Å². The van der Waals surface area contributed by atoms with E-state index in [2.05, 4.69) is 10.3 Å². The summed E-state index contributed by atoms with van der Waals surface area (Å²) in [6.45, 7) is 7.78. The average molecular weight is 406 g/mol. The predicted octanol–water partition coefficient (Wildman–Crippen LogP) is 2.68. The Morgan fingerprint density at radius 1 is 1.10 bits per heavy atom. The van der Waals surface area contributed by atoms with Crippen molar-refractivity contribution in [2.75, 3.05) is 13.1 Å². The van der Waals surface area contributed by atoms with E-state index in [1.807, 2.05) is 39.0 Å². The number of hydrogen-bond acceptors (Lipinski definition) is 4. The number of nitrogens with zero attached hydrogens (tertiary/aromatic N) is 3. The van der Waals surface area contributed by atoms with Crippen LogP contribution in [0.2, 0.25) is 0 Å². The fraction of sp³-hybridized carbons (Fsp3) is 0.304. The zero-order valence-electron chi connectivity index (χ0n) is 17.7. The zero-order valence-corrected chi connectivity index (χ0v) is 17.7. The van der Waals surface area contributed by atoms with Gasteiger partial charge in [-0.2, -0.15) is 0 Å². The van der Waals surface area contributed by atoms with Gasteiger partial charge in [-0.05, 0) is 64.1 Å². The molecule has 0 saturated heterocycles. The van der Waals surface area contributed by atoms with Gasteiger partial charge < -0.3 is 10.2 Å². The fourth-order valence-corrected chi connectivity index (χ4v) is 3.35. The lowest BCUT2D eigenvalue weighted by Gasteiger charge is -2.21. The van der Waals surface area contributed by atoms with E-state index in [4.69, 9.17) is 0 Å². The molecule has 0 bridgehead atoms. The van der Waals surface area contributed by atoms with Crippen LogP contribution >= 0.6 is 0 Å². The number of rotatable bonds is 6. The molecule has 2 aromatic carbocycles. The van der Waals surface area contributed by atoms with Crippen LogP contribution in [0.5, 0.6) is 0 Å². The molecule has 2 amide bonds. The monoisotopic (exact) mass is 406 g/mol. The molecular weight excluding hydrogens is 380 g/mol. The molecule has 156 valence electrons. The van der Waals surface area contributed by atoms with E-state index in [9.17, 15) is 14.4 Å². The maximum Gasteiger partial charge on any atom is 0.265 e. The number of fused-ring (bicyclic) bond motifs is 1. The van der Waals surface area contributed by atoms with Gasteiger partial charge >= 0.3 is 0 Å². The third kappa shape index (κ3) is 4.40. The Labute approximate surface area is 175 Å². The summed E-state index contributed by atoms with van der Waals surface area (Å²) in [6, 6.07) is 14.0. The highest BCUT2D eigenvalue weighted by Crippen LogP contribution is 2.14. The number of amides is 2. The zero-order chi connectivity index (χ0) is 21.8. The van der Waals surface area contributed by atoms with Gasteiger partial charge in [0.1, 0.15) is 5.82 Å². The molecule has 7 nitrogen and oxygen atoms in total. The van der Waals surface area contributed by atoms with E-state index < -0.39 is 0 Å². The van der Waals surface area contributed by atoms with Crippen molar-refractivity contribution in [1.82, 2.24) is 19.8 Å². The Hall–Kier alpha value is -3.48. The molecule has 0 saturated carbocycles. The van der Waals surface area contributed by atoms with Crippen LogP contribution in [0, 0.1) is 6.92 Å². The highest BCUT2D eigenvalue weighted by atomic mass is 16.2. The van der Waals surface area contributed by atoms with E-state index in [0.29, 0.717) is 34.5 Å². The van der Waals surface area contributed by atoms with E-state index in [-0.39, 0.29) is 30.0 Å². The molecule has 1 aromatic heterocycles. The molecule has 0 aliphatic heterocycles. The summed E-state index contributed by atoms with van der Waals surface area (Å²) in [5, 5.41) is 3.33. The molecule has 1 heterocycles. The topological polar surface area (TPSA) is 84.3 Å². The van der Waals surface area contributed by atoms with Gasteiger partial charge in [-0.1, -0.05) is 12.1 Å². The Kier molecular flexibility index (Phi) is 6.30. The summed E-state index contributed by atoms with van der Waals surface area (Å²) in [6.07, 6.45) is 0. The van der Waals surface area contributed by atoms with Crippen LogP contribution in [0.1, 0.15) is 37.0 Å². The molecule has 3 rings (SSSR count). The van der Waals surface area contributed by atoms with E-state index >= 15 is 0 Å². The molecule has 0 aliphatic carbocycles. The summed E-state index contributed by atoms with van der Waals surface area (Å²) >= 11 is 0. The van der Waals surface area contributed by atoms with Crippen LogP contribution in [-0.4, -0.2) is 45.4 Å². The largest absolute Gasteiger partial charge is 0.352 e. The number of benzene rings is 2. The van der Waals surface area contributed by atoms with Crippen molar-refractivity contribution < 1.29 is 9.59 Å². The second-order valence-electron chi connectivity index (χ2n) is 7.41. The lowest BCUT2D eigenvalue weighted by molar-refractivity contribution is -0.122. The van der Waals surface area contributed by atoms with Crippen molar-refractivity contribution in [1.29, 1.82) is 0 Å². The standard InChI is InChI=1S/C23H26N4O3/c1-5-26(14-21(28)24-15(2)3)22(29)17-10-12-18(13-11-17)27-16(4)25-20-9-7-6-8-19(20)23(27)30/h6-13,15H,5,14H2,1-4H3,(H,24,28). The minimum Gasteiger partial charge on any atom is -0.352 e. The molecule has 0 fully saturated rings. The van der Waals surface area contributed by atoms with Crippen molar-refractivity contribution in [2.24, 2.45) is 0 Å². The first kappa shape index (κ1) is 21.2. The third-order valence-electron chi connectivity index (χ3n) is 4.77. The molecule has 30 heavy (non-hydrogen) atoms. The van der Waals surface area contributed by atoms with Gasteiger partial charge in [0.2, 0.25) is 5.91 Å². The maximum absolute atomic E-state index is 12.9. The van der Waals surface area contributed by atoms with Crippen LogP contribution in [0.25, 0.3) is 16.6 Å². The number of nitrogens with one attached hydrogen (secondary N) is 1. The van der Waals surface area contributed by atoms with Crippen molar-refractivity contribution in [3.8, 4) is 5.69 Å². The highest BCUT2D eigenvalue weighted by molar-refractivity contribution is 5.96. The van der Waals surface area contributed by atoms with E-state index in [1.165, 1.54) is 9.47 Å². The number of carbonyl (C=O) groups excluding carboxylic acids is 2. The van der Waals surface area contributed by atoms with Gasteiger partial charge in [-0.3, -0.25) is 19.0 Å². The summed E-state index contributed by atoms with van der Waals surface area (Å²) in [7, 11) is 0. The average Bonchev–Trinajstić information content (AvgIpc) is 2.71. The van der Waals surface area contributed by atoms with Gasteiger partial charge in [0.05, 0.1) is 23.1 Å². The molecule has 0 spiro atoms. The summed E-state index contributed by atoms with van der Waals surface area (Å²) < 4.78 is 1.53. The first-order valence-electron chi connectivity index (χ1n) is 9.99. The van der Waals surface area contributed by atoms with Gasteiger partial charge in [-0.25, -0.2) is 4.98 Å². The third-order valence-corrected chi connectivity index (χ3v) is 4.77. The van der Waals surface area contributed by atoms with Crippen LogP contribution in [0.15, 0.2) is 53.3 Å². The Bertz CT molecular complexity index is 1130. The van der Waals surface area contributed by atoms with Crippen LogP contribution in [-0.2, 0) is 4.79 Å².